The van der Waals surface area contributed by atoms with Gasteiger partial charge in [-0.1, -0.05) is 17.8 Å². The van der Waals surface area contributed by atoms with Gasteiger partial charge in [0.15, 0.2) is 5.17 Å². The van der Waals surface area contributed by atoms with E-state index in [4.69, 9.17) is 9.84 Å². The number of thiophene rings is 1. The number of carbonyl (C=O) groups excluding carboxylic acids is 2. The van der Waals surface area contributed by atoms with E-state index in [1.54, 1.807) is 47.6 Å². The molecule has 10 heteroatoms. The summed E-state index contributed by atoms with van der Waals surface area (Å²) in [7, 11) is 1.58. The molecule has 1 saturated heterocycles. The topological polar surface area (TPSA) is 108 Å². The number of benzene rings is 2. The van der Waals surface area contributed by atoms with E-state index in [0.29, 0.717) is 28.8 Å². The normalized spacial score (nSPS) is 17.0. The molecule has 34 heavy (non-hydrogen) atoms. The van der Waals surface area contributed by atoms with Crippen molar-refractivity contribution in [2.24, 2.45) is 4.99 Å². The Balaban J connectivity index is 1.55. The van der Waals surface area contributed by atoms with Gasteiger partial charge in [0.2, 0.25) is 11.8 Å². The fourth-order valence-corrected chi connectivity index (χ4v) is 5.03. The van der Waals surface area contributed by atoms with Crippen molar-refractivity contribution < 1.29 is 24.2 Å². The van der Waals surface area contributed by atoms with Crippen LogP contribution in [0.5, 0.6) is 5.75 Å². The van der Waals surface area contributed by atoms with E-state index in [-0.39, 0.29) is 23.8 Å². The Bertz CT molecular complexity index is 1210. The Morgan fingerprint density at radius 2 is 1.88 bits per heavy atom. The lowest BCUT2D eigenvalue weighted by molar-refractivity contribution is -0.129. The van der Waals surface area contributed by atoms with Gasteiger partial charge >= 0.3 is 5.97 Å². The molecule has 2 amide bonds. The third kappa shape index (κ3) is 5.64. The molecule has 0 radical (unpaired) electrons. The van der Waals surface area contributed by atoms with Crippen LogP contribution in [-0.4, -0.2) is 45.3 Å². The van der Waals surface area contributed by atoms with E-state index in [0.717, 1.165) is 4.88 Å². The molecule has 1 fully saturated rings. The van der Waals surface area contributed by atoms with E-state index in [9.17, 15) is 14.4 Å². The maximum Gasteiger partial charge on any atom is 0.335 e. The summed E-state index contributed by atoms with van der Waals surface area (Å²) in [6, 6.07) is 16.9. The average molecular weight is 496 g/mol. The van der Waals surface area contributed by atoms with E-state index < -0.39 is 11.2 Å². The molecule has 8 nitrogen and oxygen atoms in total. The summed E-state index contributed by atoms with van der Waals surface area (Å²) in [5, 5.41) is 13.5. The maximum absolute atomic E-state index is 13.1. The van der Waals surface area contributed by atoms with E-state index in [1.807, 2.05) is 17.5 Å². The van der Waals surface area contributed by atoms with Crippen LogP contribution in [0.15, 0.2) is 71.0 Å². The minimum Gasteiger partial charge on any atom is -0.497 e. The number of methoxy groups -OCH3 is 1. The fourth-order valence-electron chi connectivity index (χ4n) is 3.24. The number of rotatable bonds is 7. The molecule has 0 saturated carbocycles. The largest absolute Gasteiger partial charge is 0.497 e. The van der Waals surface area contributed by atoms with Crippen molar-refractivity contribution in [3.05, 3.63) is 76.5 Å². The van der Waals surface area contributed by atoms with Gasteiger partial charge in [0.05, 0.1) is 24.9 Å². The molecule has 1 atom stereocenters. The molecule has 0 unspecified atom stereocenters. The van der Waals surface area contributed by atoms with Crippen LogP contribution in [0.1, 0.15) is 21.7 Å². The first-order chi connectivity index (χ1) is 16.4. The lowest BCUT2D eigenvalue weighted by atomic mass is 10.2. The second-order valence-corrected chi connectivity index (χ2v) is 9.54. The number of carbonyl (C=O) groups is 3. The van der Waals surface area contributed by atoms with Crippen molar-refractivity contribution in [3.63, 3.8) is 0 Å². The summed E-state index contributed by atoms with van der Waals surface area (Å²) < 4.78 is 5.19. The molecule has 4 rings (SSSR count). The minimum absolute atomic E-state index is 0.0245. The summed E-state index contributed by atoms with van der Waals surface area (Å²) in [4.78, 5) is 44.3. The molecule has 3 aromatic rings. The van der Waals surface area contributed by atoms with Crippen molar-refractivity contribution in [1.29, 1.82) is 0 Å². The molecule has 0 bridgehead atoms. The predicted octanol–water partition coefficient (Wildman–Crippen LogP) is 4.62. The third-order valence-corrected chi connectivity index (χ3v) is 7.07. The van der Waals surface area contributed by atoms with Crippen LogP contribution in [0, 0.1) is 0 Å². The van der Waals surface area contributed by atoms with E-state index >= 15 is 0 Å². The Morgan fingerprint density at radius 3 is 2.50 bits per heavy atom. The first-order valence-corrected chi connectivity index (χ1v) is 12.1. The van der Waals surface area contributed by atoms with Crippen LogP contribution in [0.2, 0.25) is 0 Å². The van der Waals surface area contributed by atoms with Crippen molar-refractivity contribution >= 4 is 57.4 Å². The van der Waals surface area contributed by atoms with Gasteiger partial charge in [-0.3, -0.25) is 14.5 Å². The number of ether oxygens (including phenoxy) is 1. The first-order valence-electron chi connectivity index (χ1n) is 10.3. The number of hydrogen-bond acceptors (Lipinski definition) is 7. The van der Waals surface area contributed by atoms with Crippen LogP contribution in [0.4, 0.5) is 11.4 Å². The highest BCUT2D eigenvalue weighted by Crippen LogP contribution is 2.32. The lowest BCUT2D eigenvalue weighted by Crippen LogP contribution is -2.44. The van der Waals surface area contributed by atoms with Crippen LogP contribution in [0.3, 0.4) is 0 Å². The lowest BCUT2D eigenvalue weighted by Gasteiger charge is -2.31. The average Bonchev–Trinajstić information content (AvgIpc) is 3.35. The first kappa shape index (κ1) is 23.5. The van der Waals surface area contributed by atoms with Gasteiger partial charge in [-0.15, -0.1) is 11.3 Å². The highest BCUT2D eigenvalue weighted by Gasteiger charge is 2.36. The van der Waals surface area contributed by atoms with Crippen LogP contribution in [0.25, 0.3) is 0 Å². The molecule has 0 aliphatic carbocycles. The smallest absolute Gasteiger partial charge is 0.335 e. The summed E-state index contributed by atoms with van der Waals surface area (Å²) >= 11 is 2.78. The van der Waals surface area contributed by atoms with Gasteiger partial charge < -0.3 is 15.2 Å². The number of anilines is 1. The number of nitrogens with zero attached hydrogens (tertiary/aromatic N) is 2. The summed E-state index contributed by atoms with van der Waals surface area (Å²) in [6.45, 7) is 0.378. The third-order valence-electron chi connectivity index (χ3n) is 5.02. The zero-order valence-electron chi connectivity index (χ0n) is 18.1. The maximum atomic E-state index is 13.1. The van der Waals surface area contributed by atoms with Crippen molar-refractivity contribution in [1.82, 2.24) is 4.90 Å². The molecule has 2 aromatic carbocycles. The fraction of sp³-hybridized carbons (Fsp3) is 0.167. The van der Waals surface area contributed by atoms with Crippen molar-refractivity contribution in [2.45, 2.75) is 18.2 Å². The van der Waals surface area contributed by atoms with Gasteiger partial charge in [0.25, 0.3) is 0 Å². The molecular weight excluding hydrogens is 474 g/mol. The number of carboxylic acids is 1. The molecule has 2 N–H and O–H groups in total. The van der Waals surface area contributed by atoms with Gasteiger partial charge in [0, 0.05) is 17.0 Å². The Labute approximate surface area is 204 Å². The molecule has 1 aromatic heterocycles. The molecular formula is C24H21N3O5S2. The number of thioether (sulfide) groups is 1. The van der Waals surface area contributed by atoms with Gasteiger partial charge in [-0.25, -0.2) is 9.79 Å². The Morgan fingerprint density at radius 1 is 1.15 bits per heavy atom. The van der Waals surface area contributed by atoms with Gasteiger partial charge in [-0.2, -0.15) is 0 Å². The number of amides is 2. The van der Waals surface area contributed by atoms with Crippen molar-refractivity contribution in [3.8, 4) is 5.75 Å². The van der Waals surface area contributed by atoms with E-state index in [1.165, 1.54) is 36.0 Å². The predicted molar refractivity (Wildman–Crippen MR) is 133 cm³/mol. The monoisotopic (exact) mass is 495 g/mol. The van der Waals surface area contributed by atoms with Gasteiger partial charge in [0.1, 0.15) is 11.0 Å². The van der Waals surface area contributed by atoms with Crippen LogP contribution < -0.4 is 10.1 Å². The summed E-state index contributed by atoms with van der Waals surface area (Å²) in [6.07, 6.45) is 0.0245. The number of hydrogen-bond donors (Lipinski definition) is 2. The van der Waals surface area contributed by atoms with Crippen LogP contribution in [-0.2, 0) is 16.1 Å². The Kier molecular flexibility index (Phi) is 7.29. The number of amidine groups is 1. The number of nitrogens with one attached hydrogen (secondary N) is 1. The van der Waals surface area contributed by atoms with Crippen LogP contribution >= 0.6 is 23.1 Å². The molecule has 1 aliphatic rings. The second-order valence-electron chi connectivity index (χ2n) is 7.33. The highest BCUT2D eigenvalue weighted by atomic mass is 32.2. The SMILES string of the molecule is COc1ccc(N=C2S[C@@H](C(=O)Nc3ccc(C(=O)O)cc3)CC(=O)N2Cc2cccs2)cc1. The zero-order valence-corrected chi connectivity index (χ0v) is 19.8. The molecule has 0 spiro atoms. The quantitative estimate of drug-likeness (QED) is 0.495. The number of aromatic carboxylic acids is 1. The van der Waals surface area contributed by atoms with Crippen molar-refractivity contribution in [2.75, 3.05) is 12.4 Å². The molecule has 1 aliphatic heterocycles. The van der Waals surface area contributed by atoms with E-state index in [2.05, 4.69) is 10.3 Å². The standard InChI is InChI=1S/C24H21N3O5S2/c1-32-18-10-8-17(9-11-18)26-24-27(14-19-3-2-12-33-19)21(28)13-20(34-24)22(29)25-16-6-4-15(5-7-16)23(30)31/h2-12,20H,13-14H2,1H3,(H,25,29)(H,30,31)/t20-/m1/s1. The molecule has 2 heterocycles. The second kappa shape index (κ2) is 10.5. The minimum atomic E-state index is -1.04. The molecule has 174 valence electrons. The Hall–Kier alpha value is -3.63. The zero-order chi connectivity index (χ0) is 24.1. The summed E-state index contributed by atoms with van der Waals surface area (Å²) in [5.41, 5.74) is 1.22. The number of carboxylic acid groups (broad SMARTS) is 1. The highest BCUT2D eigenvalue weighted by molar-refractivity contribution is 8.15. The number of aliphatic imine (C=N–C) groups is 1. The summed E-state index contributed by atoms with van der Waals surface area (Å²) in [5.74, 6) is -0.894. The van der Waals surface area contributed by atoms with Gasteiger partial charge in [-0.05, 0) is 60.0 Å².